The number of amides is 1. The van der Waals surface area contributed by atoms with E-state index in [1.54, 1.807) is 25.6 Å². The first-order valence-corrected chi connectivity index (χ1v) is 6.71. The Hall–Kier alpha value is -2.40. The highest BCUT2D eigenvalue weighted by atomic mass is 16.5. The maximum Gasteiger partial charge on any atom is 0.251 e. The van der Waals surface area contributed by atoms with Crippen molar-refractivity contribution in [1.29, 1.82) is 0 Å². The normalized spacial score (nSPS) is 11.9. The summed E-state index contributed by atoms with van der Waals surface area (Å²) in [5.74, 6) is -0.131. The molecular weight excluding hydrogens is 266 g/mol. The van der Waals surface area contributed by atoms with Crippen LogP contribution >= 0.6 is 0 Å². The first-order chi connectivity index (χ1) is 10.1. The van der Waals surface area contributed by atoms with Gasteiger partial charge in [-0.3, -0.25) is 9.78 Å². The van der Waals surface area contributed by atoms with E-state index in [-0.39, 0.29) is 11.9 Å². The second-order valence-corrected chi connectivity index (χ2v) is 4.87. The molecule has 0 unspecified atom stereocenters. The molecule has 21 heavy (non-hydrogen) atoms. The lowest BCUT2D eigenvalue weighted by Crippen LogP contribution is -2.35. The summed E-state index contributed by atoms with van der Waals surface area (Å²) in [5.41, 5.74) is 8.85. The van der Waals surface area contributed by atoms with Crippen LogP contribution in [0.2, 0.25) is 0 Å². The zero-order chi connectivity index (χ0) is 15.2. The molecule has 1 heterocycles. The number of carbonyl (C=O) groups excluding carboxylic acids is 1. The smallest absolute Gasteiger partial charge is 0.251 e. The van der Waals surface area contributed by atoms with E-state index in [1.165, 1.54) is 0 Å². The molecule has 2 rings (SSSR count). The summed E-state index contributed by atoms with van der Waals surface area (Å²) in [6.07, 6.45) is 3.28. The minimum Gasteiger partial charge on any atom is -0.397 e. The van der Waals surface area contributed by atoms with Crippen molar-refractivity contribution < 1.29 is 9.53 Å². The molecule has 0 saturated heterocycles. The molecule has 1 aromatic carbocycles. The van der Waals surface area contributed by atoms with Gasteiger partial charge >= 0.3 is 0 Å². The maximum absolute atomic E-state index is 12.2. The molecule has 0 spiro atoms. The van der Waals surface area contributed by atoms with E-state index in [4.69, 9.17) is 10.5 Å². The van der Waals surface area contributed by atoms with E-state index in [9.17, 15) is 4.79 Å². The average Bonchev–Trinajstić information content (AvgIpc) is 2.48. The van der Waals surface area contributed by atoms with Crippen LogP contribution in [0.25, 0.3) is 11.1 Å². The van der Waals surface area contributed by atoms with Crippen molar-refractivity contribution >= 4 is 11.6 Å². The molecule has 2 aromatic rings. The quantitative estimate of drug-likeness (QED) is 0.882. The minimum atomic E-state index is -0.131. The van der Waals surface area contributed by atoms with Gasteiger partial charge in [-0.05, 0) is 30.7 Å². The highest BCUT2D eigenvalue weighted by Gasteiger charge is 2.11. The van der Waals surface area contributed by atoms with Crippen molar-refractivity contribution in [2.75, 3.05) is 19.5 Å². The number of nitrogens with zero attached hydrogens (tertiary/aromatic N) is 1. The highest BCUT2D eigenvalue weighted by molar-refractivity contribution is 5.96. The van der Waals surface area contributed by atoms with E-state index in [0.29, 0.717) is 17.9 Å². The number of methoxy groups -OCH3 is 1. The summed E-state index contributed by atoms with van der Waals surface area (Å²) in [5, 5.41) is 2.88. The summed E-state index contributed by atoms with van der Waals surface area (Å²) in [7, 11) is 1.61. The lowest BCUT2D eigenvalue weighted by Gasteiger charge is -2.13. The van der Waals surface area contributed by atoms with Gasteiger partial charge in [-0.15, -0.1) is 0 Å². The minimum absolute atomic E-state index is 0.0443. The third-order valence-electron chi connectivity index (χ3n) is 3.08. The van der Waals surface area contributed by atoms with Gasteiger partial charge in [0.25, 0.3) is 5.91 Å². The summed E-state index contributed by atoms with van der Waals surface area (Å²) in [6.45, 7) is 2.37. The molecule has 5 nitrogen and oxygen atoms in total. The van der Waals surface area contributed by atoms with E-state index in [0.717, 1.165) is 11.1 Å². The molecule has 0 bridgehead atoms. The number of carbonyl (C=O) groups is 1. The van der Waals surface area contributed by atoms with E-state index >= 15 is 0 Å². The zero-order valence-electron chi connectivity index (χ0n) is 12.2. The maximum atomic E-state index is 12.2. The van der Waals surface area contributed by atoms with Crippen molar-refractivity contribution in [1.82, 2.24) is 10.3 Å². The van der Waals surface area contributed by atoms with Crippen LogP contribution in [0.4, 0.5) is 5.69 Å². The van der Waals surface area contributed by atoms with Gasteiger partial charge in [-0.2, -0.15) is 0 Å². The number of pyridine rings is 1. The molecule has 0 aliphatic carbocycles. The number of ether oxygens (including phenoxy) is 1. The van der Waals surface area contributed by atoms with Crippen LogP contribution in [-0.2, 0) is 4.74 Å². The van der Waals surface area contributed by atoms with Crippen molar-refractivity contribution in [3.63, 3.8) is 0 Å². The van der Waals surface area contributed by atoms with Crippen LogP contribution < -0.4 is 11.1 Å². The Morgan fingerprint density at radius 3 is 2.95 bits per heavy atom. The number of nitrogens with one attached hydrogen (secondary N) is 1. The van der Waals surface area contributed by atoms with Crippen LogP contribution in [0.5, 0.6) is 0 Å². The van der Waals surface area contributed by atoms with Gasteiger partial charge in [0.2, 0.25) is 0 Å². The number of anilines is 1. The molecule has 3 N–H and O–H groups in total. The lowest BCUT2D eigenvalue weighted by molar-refractivity contribution is 0.0905. The third kappa shape index (κ3) is 3.79. The van der Waals surface area contributed by atoms with E-state index in [1.807, 2.05) is 31.2 Å². The molecule has 0 aliphatic rings. The monoisotopic (exact) mass is 285 g/mol. The largest absolute Gasteiger partial charge is 0.397 e. The number of aromatic nitrogens is 1. The second-order valence-electron chi connectivity index (χ2n) is 4.87. The number of hydrogen-bond acceptors (Lipinski definition) is 4. The van der Waals surface area contributed by atoms with Crippen molar-refractivity contribution in [3.8, 4) is 11.1 Å². The second kappa shape index (κ2) is 6.85. The molecular formula is C16H19N3O2. The molecule has 110 valence electrons. The molecule has 1 aromatic heterocycles. The fourth-order valence-corrected chi connectivity index (χ4v) is 2.10. The van der Waals surface area contributed by atoms with Crippen LogP contribution in [0.15, 0.2) is 42.7 Å². The topological polar surface area (TPSA) is 77.2 Å². The first-order valence-electron chi connectivity index (χ1n) is 6.71. The summed E-state index contributed by atoms with van der Waals surface area (Å²) < 4.78 is 5.01. The summed E-state index contributed by atoms with van der Waals surface area (Å²) in [6, 6.07) is 9.14. The first kappa shape index (κ1) is 15.0. The molecule has 1 amide bonds. The van der Waals surface area contributed by atoms with Gasteiger partial charge in [0.1, 0.15) is 0 Å². The Bertz CT molecular complexity index is 628. The van der Waals surface area contributed by atoms with Crippen LogP contribution in [-0.4, -0.2) is 30.6 Å². The Kier molecular flexibility index (Phi) is 4.90. The van der Waals surface area contributed by atoms with Gasteiger partial charge in [0, 0.05) is 30.5 Å². The van der Waals surface area contributed by atoms with Crippen molar-refractivity contribution in [3.05, 3.63) is 48.3 Å². The molecule has 1 atom stereocenters. The summed E-state index contributed by atoms with van der Waals surface area (Å²) in [4.78, 5) is 16.2. The predicted octanol–water partition coefficient (Wildman–Crippen LogP) is 2.10. The van der Waals surface area contributed by atoms with Crippen LogP contribution in [0, 0.1) is 0 Å². The Morgan fingerprint density at radius 1 is 1.43 bits per heavy atom. The van der Waals surface area contributed by atoms with Crippen LogP contribution in [0.1, 0.15) is 17.3 Å². The van der Waals surface area contributed by atoms with Crippen molar-refractivity contribution in [2.24, 2.45) is 0 Å². The van der Waals surface area contributed by atoms with Crippen LogP contribution in [0.3, 0.4) is 0 Å². The zero-order valence-corrected chi connectivity index (χ0v) is 12.2. The molecule has 0 radical (unpaired) electrons. The fraction of sp³-hybridized carbons (Fsp3) is 0.250. The SMILES string of the molecule is COC[C@@H](C)NC(=O)c1cccc(-c2ccncc2N)c1. The van der Waals surface area contributed by atoms with Gasteiger partial charge in [-0.1, -0.05) is 12.1 Å². The Morgan fingerprint density at radius 2 is 2.24 bits per heavy atom. The number of nitrogens with two attached hydrogens (primary N) is 1. The standard InChI is InChI=1S/C16H19N3O2/c1-11(10-21-2)19-16(20)13-5-3-4-12(8-13)14-6-7-18-9-15(14)17/h3-9,11H,10,17H2,1-2H3,(H,19,20)/t11-/m1/s1. The number of hydrogen-bond donors (Lipinski definition) is 2. The highest BCUT2D eigenvalue weighted by Crippen LogP contribution is 2.25. The molecule has 0 saturated carbocycles. The molecule has 0 fully saturated rings. The Balaban J connectivity index is 2.22. The number of nitrogen functional groups attached to an aromatic ring is 1. The van der Waals surface area contributed by atoms with E-state index < -0.39 is 0 Å². The molecule has 0 aliphatic heterocycles. The number of benzene rings is 1. The third-order valence-corrected chi connectivity index (χ3v) is 3.08. The van der Waals surface area contributed by atoms with Gasteiger partial charge in [-0.25, -0.2) is 0 Å². The summed E-state index contributed by atoms with van der Waals surface area (Å²) >= 11 is 0. The lowest BCUT2D eigenvalue weighted by atomic mass is 10.0. The fourth-order valence-electron chi connectivity index (χ4n) is 2.10. The number of rotatable bonds is 5. The molecule has 5 heteroatoms. The predicted molar refractivity (Wildman–Crippen MR) is 82.9 cm³/mol. The Labute approximate surface area is 124 Å². The van der Waals surface area contributed by atoms with Crippen molar-refractivity contribution in [2.45, 2.75) is 13.0 Å². The van der Waals surface area contributed by atoms with E-state index in [2.05, 4.69) is 10.3 Å². The van der Waals surface area contributed by atoms with Gasteiger partial charge in [0.15, 0.2) is 0 Å². The average molecular weight is 285 g/mol. The van der Waals surface area contributed by atoms with Gasteiger partial charge < -0.3 is 15.8 Å². The van der Waals surface area contributed by atoms with Gasteiger partial charge in [0.05, 0.1) is 18.5 Å².